The van der Waals surface area contributed by atoms with Crippen molar-refractivity contribution >= 4 is 35.1 Å². The first-order valence-electron chi connectivity index (χ1n) is 11.1. The fourth-order valence-electron chi connectivity index (χ4n) is 5.86. The zero-order valence-electron chi connectivity index (χ0n) is 17.5. The van der Waals surface area contributed by atoms with Gasteiger partial charge in [0, 0.05) is 7.05 Å². The number of amidine groups is 1. The second kappa shape index (κ2) is 7.82. The molecule has 4 nitrogen and oxygen atoms in total. The maximum atomic E-state index is 11.9. The number of aliphatic imine (C=N–C) groups is 1. The molecule has 0 radical (unpaired) electrons. The van der Waals surface area contributed by atoms with E-state index in [1.807, 2.05) is 19.2 Å². The minimum Gasteiger partial charge on any atom is -0.317 e. The van der Waals surface area contributed by atoms with E-state index in [-0.39, 0.29) is 5.41 Å². The number of nitrogens with zero attached hydrogens (tertiary/aromatic N) is 2. The third kappa shape index (κ3) is 2.92. The van der Waals surface area contributed by atoms with Gasteiger partial charge in [0.05, 0.1) is 27.4 Å². The second-order valence-electron chi connectivity index (χ2n) is 8.76. The molecule has 0 atom stereocenters. The largest absolute Gasteiger partial charge is 0.317 e. The number of rotatable bonds is 3. The van der Waals surface area contributed by atoms with Crippen molar-refractivity contribution in [2.24, 2.45) is 4.99 Å². The van der Waals surface area contributed by atoms with Gasteiger partial charge in [-0.3, -0.25) is 14.7 Å². The Morgan fingerprint density at radius 1 is 1.13 bits per heavy atom. The van der Waals surface area contributed by atoms with Gasteiger partial charge in [-0.05, 0) is 74.0 Å². The average molecular weight is 422 g/mol. The SMILES string of the molecule is CN=C1N(c2cccc(Cl)c2C=O)c2ccc(C3CCNCC3)cc2C12CCCC2. The van der Waals surface area contributed by atoms with E-state index >= 15 is 0 Å². The first kappa shape index (κ1) is 19.8. The number of hydrogen-bond acceptors (Lipinski definition) is 3. The van der Waals surface area contributed by atoms with Crippen LogP contribution in [-0.4, -0.2) is 32.3 Å². The number of nitrogens with one attached hydrogen (secondary N) is 1. The van der Waals surface area contributed by atoms with Crippen LogP contribution in [0.25, 0.3) is 0 Å². The Morgan fingerprint density at radius 2 is 1.90 bits per heavy atom. The Hall–Kier alpha value is -2.17. The number of carbonyl (C=O) groups excluding carboxylic acids is 1. The summed E-state index contributed by atoms with van der Waals surface area (Å²) in [6.45, 7) is 2.18. The fourth-order valence-corrected chi connectivity index (χ4v) is 6.07. The first-order valence-corrected chi connectivity index (χ1v) is 11.4. The van der Waals surface area contributed by atoms with Gasteiger partial charge < -0.3 is 5.32 Å². The molecule has 0 amide bonds. The van der Waals surface area contributed by atoms with Gasteiger partial charge in [0.25, 0.3) is 0 Å². The Labute approximate surface area is 183 Å². The van der Waals surface area contributed by atoms with Crippen molar-refractivity contribution in [3.05, 3.63) is 58.1 Å². The average Bonchev–Trinajstić information content (AvgIpc) is 3.38. The molecule has 0 aromatic heterocycles. The lowest BCUT2D eigenvalue weighted by atomic mass is 9.77. The molecule has 2 fully saturated rings. The van der Waals surface area contributed by atoms with E-state index < -0.39 is 0 Å². The molecule has 2 heterocycles. The molecule has 1 saturated carbocycles. The topological polar surface area (TPSA) is 44.7 Å². The highest BCUT2D eigenvalue weighted by Gasteiger charge is 2.51. The lowest BCUT2D eigenvalue weighted by Crippen LogP contribution is -2.36. The summed E-state index contributed by atoms with van der Waals surface area (Å²) < 4.78 is 0. The Morgan fingerprint density at radius 3 is 2.60 bits per heavy atom. The predicted molar refractivity (Wildman–Crippen MR) is 124 cm³/mol. The summed E-state index contributed by atoms with van der Waals surface area (Å²) in [7, 11) is 1.88. The van der Waals surface area contributed by atoms with Crippen LogP contribution in [0.2, 0.25) is 5.02 Å². The molecule has 5 heteroatoms. The van der Waals surface area contributed by atoms with E-state index in [0.29, 0.717) is 16.5 Å². The molecular weight excluding hydrogens is 394 g/mol. The zero-order valence-corrected chi connectivity index (χ0v) is 18.2. The lowest BCUT2D eigenvalue weighted by molar-refractivity contribution is 0.112. The number of fused-ring (bicyclic) bond motifs is 2. The maximum absolute atomic E-state index is 11.9. The molecule has 2 aliphatic heterocycles. The van der Waals surface area contributed by atoms with Crippen LogP contribution in [0.4, 0.5) is 11.4 Å². The van der Waals surface area contributed by atoms with Gasteiger partial charge in [0.15, 0.2) is 6.29 Å². The van der Waals surface area contributed by atoms with Crippen LogP contribution >= 0.6 is 11.6 Å². The summed E-state index contributed by atoms with van der Waals surface area (Å²) in [5.74, 6) is 1.67. The molecule has 2 aromatic rings. The summed E-state index contributed by atoms with van der Waals surface area (Å²) in [6, 6.07) is 12.7. The molecule has 2 aromatic carbocycles. The summed E-state index contributed by atoms with van der Waals surface area (Å²) in [6.07, 6.45) is 7.88. The molecule has 3 aliphatic rings. The minimum atomic E-state index is -0.0600. The smallest absolute Gasteiger partial charge is 0.153 e. The number of carbonyl (C=O) groups is 1. The lowest BCUT2D eigenvalue weighted by Gasteiger charge is -2.29. The number of anilines is 2. The molecule has 1 aliphatic carbocycles. The molecule has 1 spiro atoms. The molecular formula is C25H28ClN3O. The van der Waals surface area contributed by atoms with Gasteiger partial charge in [-0.1, -0.05) is 42.6 Å². The highest BCUT2D eigenvalue weighted by atomic mass is 35.5. The normalized spacial score (nSPS) is 22.1. The molecule has 1 saturated heterocycles. The summed E-state index contributed by atoms with van der Waals surface area (Å²) in [4.78, 5) is 18.9. The third-order valence-corrected chi connectivity index (χ3v) is 7.61. The third-order valence-electron chi connectivity index (χ3n) is 7.29. The van der Waals surface area contributed by atoms with Crippen LogP contribution in [0.1, 0.15) is 65.9 Å². The van der Waals surface area contributed by atoms with Crippen LogP contribution in [-0.2, 0) is 5.41 Å². The zero-order chi connectivity index (χ0) is 20.7. The maximum Gasteiger partial charge on any atom is 0.153 e. The van der Waals surface area contributed by atoms with Crippen LogP contribution in [0, 0.1) is 0 Å². The van der Waals surface area contributed by atoms with E-state index in [1.54, 1.807) is 6.07 Å². The first-order chi connectivity index (χ1) is 14.7. The number of hydrogen-bond donors (Lipinski definition) is 1. The quantitative estimate of drug-likeness (QED) is 0.655. The van der Waals surface area contributed by atoms with Crippen LogP contribution in [0.5, 0.6) is 0 Å². The monoisotopic (exact) mass is 421 g/mol. The van der Waals surface area contributed by atoms with Crippen LogP contribution in [0.3, 0.4) is 0 Å². The fraction of sp³-hybridized carbons (Fsp3) is 0.440. The van der Waals surface area contributed by atoms with E-state index in [0.717, 1.165) is 49.4 Å². The Kier molecular flexibility index (Phi) is 5.16. The standard InChI is InChI=1S/C25H28ClN3O/c1-27-24-25(11-2-3-12-25)20-15-18(17-9-13-28-14-10-17)7-8-23(20)29(24)22-6-4-5-21(26)19(22)16-30/h4-8,15-17,28H,2-3,9-14H2,1H3. The highest BCUT2D eigenvalue weighted by molar-refractivity contribution is 6.34. The Balaban J connectivity index is 1.70. The summed E-state index contributed by atoms with van der Waals surface area (Å²) >= 11 is 6.40. The molecule has 30 heavy (non-hydrogen) atoms. The van der Waals surface area contributed by atoms with Crippen molar-refractivity contribution in [2.75, 3.05) is 25.0 Å². The van der Waals surface area contributed by atoms with Crippen molar-refractivity contribution in [3.63, 3.8) is 0 Å². The summed E-state index contributed by atoms with van der Waals surface area (Å²) in [5, 5.41) is 3.96. The molecule has 1 N–H and O–H groups in total. The minimum absolute atomic E-state index is 0.0600. The van der Waals surface area contributed by atoms with Gasteiger partial charge in [0.2, 0.25) is 0 Å². The number of halogens is 1. The number of benzene rings is 2. The molecule has 0 bridgehead atoms. The predicted octanol–water partition coefficient (Wildman–Crippen LogP) is 5.61. The number of piperidine rings is 1. The van der Waals surface area contributed by atoms with E-state index in [2.05, 4.69) is 28.4 Å². The number of aldehydes is 1. The van der Waals surface area contributed by atoms with E-state index in [9.17, 15) is 4.79 Å². The van der Waals surface area contributed by atoms with Crippen molar-refractivity contribution in [3.8, 4) is 0 Å². The van der Waals surface area contributed by atoms with Crippen molar-refractivity contribution < 1.29 is 4.79 Å². The van der Waals surface area contributed by atoms with E-state index in [1.165, 1.54) is 36.8 Å². The van der Waals surface area contributed by atoms with E-state index in [4.69, 9.17) is 16.6 Å². The van der Waals surface area contributed by atoms with Crippen LogP contribution < -0.4 is 10.2 Å². The molecule has 156 valence electrons. The van der Waals surface area contributed by atoms with Crippen molar-refractivity contribution in [1.82, 2.24) is 5.32 Å². The highest BCUT2D eigenvalue weighted by Crippen LogP contribution is 2.55. The summed E-state index contributed by atoms with van der Waals surface area (Å²) in [5.41, 5.74) is 5.28. The van der Waals surface area contributed by atoms with Crippen molar-refractivity contribution in [2.45, 2.75) is 49.9 Å². The van der Waals surface area contributed by atoms with Gasteiger partial charge in [0.1, 0.15) is 5.84 Å². The molecule has 0 unspecified atom stereocenters. The van der Waals surface area contributed by atoms with Crippen molar-refractivity contribution in [1.29, 1.82) is 0 Å². The van der Waals surface area contributed by atoms with Gasteiger partial charge in [-0.2, -0.15) is 0 Å². The van der Waals surface area contributed by atoms with Gasteiger partial charge >= 0.3 is 0 Å². The molecule has 5 rings (SSSR count). The Bertz CT molecular complexity index is 1000. The van der Waals surface area contributed by atoms with Gasteiger partial charge in [-0.25, -0.2) is 0 Å². The van der Waals surface area contributed by atoms with Crippen LogP contribution in [0.15, 0.2) is 41.4 Å². The van der Waals surface area contributed by atoms with Gasteiger partial charge in [-0.15, -0.1) is 0 Å². The second-order valence-corrected chi connectivity index (χ2v) is 9.17.